The number of hydrogen-bond donors (Lipinski definition) is 1. The van der Waals surface area contributed by atoms with E-state index in [0.29, 0.717) is 6.54 Å². The summed E-state index contributed by atoms with van der Waals surface area (Å²) in [6.07, 6.45) is -0.629. The maximum atomic E-state index is 11.8. The zero-order chi connectivity index (χ0) is 12.0. The minimum atomic E-state index is -0.629. The molecule has 1 amide bonds. The Hall–Kier alpha value is -0.130. The summed E-state index contributed by atoms with van der Waals surface area (Å²) in [6.45, 7) is 4.47. The number of ether oxygens (including phenoxy) is 1. The summed E-state index contributed by atoms with van der Waals surface area (Å²) in [4.78, 5) is 13.1. The topological polar surface area (TPSA) is 49.8 Å². The molecule has 15 heavy (non-hydrogen) atoms. The monoisotopic (exact) mass is 281 g/mol. The van der Waals surface area contributed by atoms with Gasteiger partial charge >= 0.3 is 0 Å². The number of alkyl halides is 1. The Kier molecular flexibility index (Phi) is 7.13. The third-order valence-electron chi connectivity index (χ3n) is 2.04. The summed E-state index contributed by atoms with van der Waals surface area (Å²) in [5.41, 5.74) is 0. The second-order valence-corrected chi connectivity index (χ2v) is 4.96. The lowest BCUT2D eigenvalue weighted by molar-refractivity contribution is -0.131. The van der Waals surface area contributed by atoms with Crippen LogP contribution in [-0.4, -0.2) is 54.2 Å². The molecule has 0 bridgehead atoms. The average Bonchev–Trinajstić information content (AvgIpc) is 2.15. The minimum absolute atomic E-state index is 0.0137. The summed E-state index contributed by atoms with van der Waals surface area (Å²) in [6, 6.07) is 0. The molecule has 0 radical (unpaired) electrons. The highest BCUT2D eigenvalue weighted by Gasteiger charge is 2.23. The highest BCUT2D eigenvalue weighted by atomic mass is 79.9. The highest BCUT2D eigenvalue weighted by Crippen LogP contribution is 2.14. The third kappa shape index (κ3) is 5.49. The van der Waals surface area contributed by atoms with Crippen LogP contribution in [0, 0.1) is 5.92 Å². The van der Waals surface area contributed by atoms with Gasteiger partial charge in [0, 0.05) is 20.7 Å². The fourth-order valence-electron chi connectivity index (χ4n) is 1.15. The molecule has 0 saturated carbocycles. The van der Waals surface area contributed by atoms with E-state index in [1.54, 1.807) is 7.05 Å². The number of aliphatic hydroxyl groups excluding tert-OH is 1. The van der Waals surface area contributed by atoms with Gasteiger partial charge < -0.3 is 14.7 Å². The van der Waals surface area contributed by atoms with Gasteiger partial charge in [0.1, 0.15) is 0 Å². The Labute approximate surface area is 99.7 Å². The van der Waals surface area contributed by atoms with E-state index in [1.807, 2.05) is 13.8 Å². The van der Waals surface area contributed by atoms with Gasteiger partial charge in [-0.05, 0) is 5.92 Å². The van der Waals surface area contributed by atoms with Crippen LogP contribution in [-0.2, 0) is 9.53 Å². The second kappa shape index (κ2) is 7.19. The number of nitrogens with zero attached hydrogens (tertiary/aromatic N) is 1. The molecular formula is C10H20BrNO3. The van der Waals surface area contributed by atoms with Crippen LogP contribution in [0.25, 0.3) is 0 Å². The van der Waals surface area contributed by atoms with Crippen molar-refractivity contribution in [3.63, 3.8) is 0 Å². The summed E-state index contributed by atoms with van der Waals surface area (Å²) in [5.74, 6) is 0.222. The van der Waals surface area contributed by atoms with Crippen molar-refractivity contribution in [3.05, 3.63) is 0 Å². The number of likely N-dealkylation sites (N-methyl/N-ethyl adjacent to an activating group) is 1. The molecule has 0 aliphatic heterocycles. The van der Waals surface area contributed by atoms with E-state index in [2.05, 4.69) is 15.9 Å². The van der Waals surface area contributed by atoms with E-state index in [4.69, 9.17) is 4.74 Å². The molecule has 1 N–H and O–H groups in total. The van der Waals surface area contributed by atoms with Gasteiger partial charge in [-0.25, -0.2) is 0 Å². The third-order valence-corrected chi connectivity index (χ3v) is 3.49. The Morgan fingerprint density at radius 2 is 2.07 bits per heavy atom. The lowest BCUT2D eigenvalue weighted by Crippen LogP contribution is -2.41. The number of hydrogen-bond acceptors (Lipinski definition) is 3. The van der Waals surface area contributed by atoms with Crippen LogP contribution < -0.4 is 0 Å². The predicted molar refractivity (Wildman–Crippen MR) is 63.1 cm³/mol. The van der Waals surface area contributed by atoms with E-state index < -0.39 is 6.10 Å². The Balaban J connectivity index is 4.09. The van der Waals surface area contributed by atoms with E-state index >= 15 is 0 Å². The number of carbonyl (C=O) groups excluding carboxylic acids is 1. The van der Waals surface area contributed by atoms with Crippen molar-refractivity contribution in [1.82, 2.24) is 4.90 Å². The van der Waals surface area contributed by atoms with Crippen molar-refractivity contribution in [1.29, 1.82) is 0 Å². The van der Waals surface area contributed by atoms with E-state index in [9.17, 15) is 9.90 Å². The molecule has 0 fully saturated rings. The van der Waals surface area contributed by atoms with Gasteiger partial charge in [-0.1, -0.05) is 29.8 Å². The van der Waals surface area contributed by atoms with Crippen LogP contribution >= 0.6 is 15.9 Å². The van der Waals surface area contributed by atoms with Crippen molar-refractivity contribution >= 4 is 21.8 Å². The summed E-state index contributed by atoms with van der Waals surface area (Å²) >= 11 is 3.33. The highest BCUT2D eigenvalue weighted by molar-refractivity contribution is 9.10. The molecule has 0 spiro atoms. The zero-order valence-corrected chi connectivity index (χ0v) is 11.3. The SMILES string of the molecule is COCC(O)CN(C)C(=O)C(Br)C(C)C. The van der Waals surface area contributed by atoms with Crippen LogP contribution in [0.3, 0.4) is 0 Å². The maximum Gasteiger partial charge on any atom is 0.236 e. The molecule has 0 aromatic rings. The maximum absolute atomic E-state index is 11.8. The first-order chi connectivity index (χ1) is 6.90. The van der Waals surface area contributed by atoms with Gasteiger partial charge in [0.25, 0.3) is 0 Å². The lowest BCUT2D eigenvalue weighted by atomic mass is 10.1. The first-order valence-corrected chi connectivity index (χ1v) is 5.87. The molecular weight excluding hydrogens is 262 g/mol. The molecule has 0 aromatic heterocycles. The van der Waals surface area contributed by atoms with Gasteiger partial charge in [0.15, 0.2) is 0 Å². The Bertz CT molecular complexity index is 199. The number of methoxy groups -OCH3 is 1. The van der Waals surface area contributed by atoms with Crippen molar-refractivity contribution < 1.29 is 14.6 Å². The van der Waals surface area contributed by atoms with Crippen LogP contribution in [0.1, 0.15) is 13.8 Å². The first-order valence-electron chi connectivity index (χ1n) is 4.96. The number of halogens is 1. The number of amides is 1. The minimum Gasteiger partial charge on any atom is -0.389 e. The van der Waals surface area contributed by atoms with Crippen molar-refractivity contribution in [2.45, 2.75) is 24.8 Å². The van der Waals surface area contributed by atoms with E-state index in [0.717, 1.165) is 0 Å². The van der Waals surface area contributed by atoms with Crippen molar-refractivity contribution in [2.75, 3.05) is 27.3 Å². The molecule has 2 unspecified atom stereocenters. The lowest BCUT2D eigenvalue weighted by Gasteiger charge is -2.24. The quantitative estimate of drug-likeness (QED) is 0.735. The van der Waals surface area contributed by atoms with Crippen LogP contribution in [0.4, 0.5) is 0 Å². The van der Waals surface area contributed by atoms with Crippen molar-refractivity contribution in [3.8, 4) is 0 Å². The zero-order valence-electron chi connectivity index (χ0n) is 9.74. The van der Waals surface area contributed by atoms with Gasteiger partial charge in [-0.15, -0.1) is 0 Å². The summed E-state index contributed by atoms with van der Waals surface area (Å²) in [5, 5.41) is 9.45. The summed E-state index contributed by atoms with van der Waals surface area (Å²) < 4.78 is 4.79. The Morgan fingerprint density at radius 1 is 1.53 bits per heavy atom. The Morgan fingerprint density at radius 3 is 2.47 bits per heavy atom. The van der Waals surface area contributed by atoms with Gasteiger partial charge in [0.2, 0.25) is 5.91 Å². The number of aliphatic hydroxyl groups is 1. The van der Waals surface area contributed by atoms with E-state index in [1.165, 1.54) is 12.0 Å². The molecule has 2 atom stereocenters. The molecule has 0 aliphatic carbocycles. The number of carbonyl (C=O) groups is 1. The van der Waals surface area contributed by atoms with Gasteiger partial charge in [-0.2, -0.15) is 0 Å². The average molecular weight is 282 g/mol. The second-order valence-electron chi connectivity index (χ2n) is 3.97. The molecule has 5 heteroatoms. The molecule has 0 aromatic carbocycles. The fourth-order valence-corrected chi connectivity index (χ4v) is 1.50. The predicted octanol–water partition coefficient (Wildman–Crippen LogP) is 0.872. The van der Waals surface area contributed by atoms with Crippen LogP contribution in [0.15, 0.2) is 0 Å². The number of rotatable bonds is 6. The van der Waals surface area contributed by atoms with Gasteiger partial charge in [0.05, 0.1) is 17.5 Å². The fraction of sp³-hybridized carbons (Fsp3) is 0.900. The molecule has 0 aliphatic rings. The molecule has 0 heterocycles. The standard InChI is InChI=1S/C10H20BrNO3/c1-7(2)9(11)10(14)12(3)5-8(13)6-15-4/h7-9,13H,5-6H2,1-4H3. The van der Waals surface area contributed by atoms with Crippen LogP contribution in [0.2, 0.25) is 0 Å². The van der Waals surface area contributed by atoms with Crippen LogP contribution in [0.5, 0.6) is 0 Å². The summed E-state index contributed by atoms with van der Waals surface area (Å²) in [7, 11) is 3.20. The molecule has 4 nitrogen and oxygen atoms in total. The first kappa shape index (κ1) is 14.9. The molecule has 0 saturated heterocycles. The molecule has 90 valence electrons. The molecule has 0 rings (SSSR count). The largest absolute Gasteiger partial charge is 0.389 e. The van der Waals surface area contributed by atoms with Crippen molar-refractivity contribution in [2.24, 2.45) is 5.92 Å². The smallest absolute Gasteiger partial charge is 0.236 e. The van der Waals surface area contributed by atoms with Gasteiger partial charge in [-0.3, -0.25) is 4.79 Å². The normalized spacial score (nSPS) is 15.1. The van der Waals surface area contributed by atoms with E-state index in [-0.39, 0.29) is 23.3 Å².